The summed E-state index contributed by atoms with van der Waals surface area (Å²) < 4.78 is 22.6. The largest absolute Gasteiger partial charge is 0.497 e. The summed E-state index contributed by atoms with van der Waals surface area (Å²) in [5.74, 6) is 1.13. The van der Waals surface area contributed by atoms with Crippen molar-refractivity contribution in [2.45, 2.75) is 24.7 Å². The molecule has 0 amide bonds. The van der Waals surface area contributed by atoms with Gasteiger partial charge in [0.2, 0.25) is 0 Å². The summed E-state index contributed by atoms with van der Waals surface area (Å²) in [6, 6.07) is 5.19. The predicted molar refractivity (Wildman–Crippen MR) is 74.4 cm³/mol. The minimum absolute atomic E-state index is 0.459. The third-order valence-corrected chi connectivity index (χ3v) is 3.90. The van der Waals surface area contributed by atoms with Crippen LogP contribution in [0.5, 0.6) is 5.75 Å². The minimum Gasteiger partial charge on any atom is -0.497 e. The standard InChI is InChI=1S/C13H21NO3S/c1-3-4-7-17-8-9-18(15)13-10-11(16-2)5-6-12(13)14/h5-6,10H,3-4,7-9,14H2,1-2H3. The molecule has 2 N–H and O–H groups in total. The maximum Gasteiger partial charge on any atom is 0.120 e. The predicted octanol–water partition coefficient (Wildman–Crippen LogP) is 2.20. The van der Waals surface area contributed by atoms with Crippen LogP contribution in [0.3, 0.4) is 0 Å². The zero-order valence-electron chi connectivity index (χ0n) is 11.0. The molecule has 18 heavy (non-hydrogen) atoms. The van der Waals surface area contributed by atoms with Gasteiger partial charge in [0.1, 0.15) is 5.75 Å². The molecular formula is C13H21NO3S. The molecule has 0 aliphatic rings. The molecule has 0 aliphatic heterocycles. The fourth-order valence-electron chi connectivity index (χ4n) is 1.43. The van der Waals surface area contributed by atoms with Crippen LogP contribution in [0.25, 0.3) is 0 Å². The van der Waals surface area contributed by atoms with Gasteiger partial charge >= 0.3 is 0 Å². The van der Waals surface area contributed by atoms with E-state index in [-0.39, 0.29) is 0 Å². The lowest BCUT2D eigenvalue weighted by molar-refractivity contribution is 0.146. The number of anilines is 1. The molecule has 0 saturated carbocycles. The molecule has 0 spiro atoms. The van der Waals surface area contributed by atoms with Crippen molar-refractivity contribution in [2.75, 3.05) is 31.8 Å². The van der Waals surface area contributed by atoms with Crippen molar-refractivity contribution in [1.82, 2.24) is 0 Å². The van der Waals surface area contributed by atoms with Gasteiger partial charge in [-0.3, -0.25) is 4.21 Å². The van der Waals surface area contributed by atoms with Crippen LogP contribution in [0.4, 0.5) is 5.69 Å². The minimum atomic E-state index is -1.14. The lowest BCUT2D eigenvalue weighted by atomic mass is 10.3. The summed E-state index contributed by atoms with van der Waals surface area (Å²) in [5, 5.41) is 0. The summed E-state index contributed by atoms with van der Waals surface area (Å²) in [4.78, 5) is 0.619. The Bertz CT molecular complexity index is 396. The molecular weight excluding hydrogens is 250 g/mol. The van der Waals surface area contributed by atoms with E-state index in [0.717, 1.165) is 19.4 Å². The first-order valence-corrected chi connectivity index (χ1v) is 7.40. The van der Waals surface area contributed by atoms with Gasteiger partial charge in [0.05, 0.1) is 35.2 Å². The van der Waals surface area contributed by atoms with Gasteiger partial charge < -0.3 is 15.2 Å². The van der Waals surface area contributed by atoms with Crippen LogP contribution in [0, 0.1) is 0 Å². The van der Waals surface area contributed by atoms with Crippen LogP contribution >= 0.6 is 0 Å². The highest BCUT2D eigenvalue weighted by Crippen LogP contribution is 2.22. The first-order valence-electron chi connectivity index (χ1n) is 6.08. The number of nitrogens with two attached hydrogens (primary N) is 1. The molecule has 102 valence electrons. The molecule has 0 saturated heterocycles. The lowest BCUT2D eigenvalue weighted by Gasteiger charge is -2.08. The average molecular weight is 271 g/mol. The Morgan fingerprint density at radius 1 is 1.33 bits per heavy atom. The highest BCUT2D eigenvalue weighted by Gasteiger charge is 2.09. The third kappa shape index (κ3) is 4.66. The lowest BCUT2D eigenvalue weighted by Crippen LogP contribution is -2.09. The van der Waals surface area contributed by atoms with Gasteiger partial charge in [0.25, 0.3) is 0 Å². The molecule has 1 aromatic rings. The summed E-state index contributed by atoms with van der Waals surface area (Å²) in [7, 11) is 0.433. The molecule has 4 nitrogen and oxygen atoms in total. The molecule has 1 rings (SSSR count). The molecule has 0 bridgehead atoms. The smallest absolute Gasteiger partial charge is 0.120 e. The summed E-state index contributed by atoms with van der Waals surface area (Å²) in [5.41, 5.74) is 6.34. The maximum absolute atomic E-state index is 12.1. The van der Waals surface area contributed by atoms with Gasteiger partial charge in [-0.1, -0.05) is 13.3 Å². The number of ether oxygens (including phenoxy) is 2. The van der Waals surface area contributed by atoms with Gasteiger partial charge in [-0.25, -0.2) is 0 Å². The van der Waals surface area contributed by atoms with Crippen molar-refractivity contribution >= 4 is 16.5 Å². The van der Waals surface area contributed by atoms with E-state index >= 15 is 0 Å². The number of nitrogen functional groups attached to an aromatic ring is 1. The highest BCUT2D eigenvalue weighted by atomic mass is 32.2. The van der Waals surface area contributed by atoms with Gasteiger partial charge in [-0.15, -0.1) is 0 Å². The SMILES string of the molecule is CCCCOCCS(=O)c1cc(OC)ccc1N. The Hall–Kier alpha value is -1.07. The van der Waals surface area contributed by atoms with Crippen molar-refractivity contribution in [3.63, 3.8) is 0 Å². The third-order valence-electron chi connectivity index (χ3n) is 2.52. The fraction of sp³-hybridized carbons (Fsp3) is 0.538. The number of hydrogen-bond acceptors (Lipinski definition) is 4. The normalized spacial score (nSPS) is 12.3. The van der Waals surface area contributed by atoms with Crippen molar-refractivity contribution < 1.29 is 13.7 Å². The second kappa shape index (κ2) is 8.11. The van der Waals surface area contributed by atoms with E-state index in [1.54, 1.807) is 25.3 Å². The number of rotatable bonds is 8. The van der Waals surface area contributed by atoms with Gasteiger partial charge in [-0.05, 0) is 24.6 Å². The van der Waals surface area contributed by atoms with Crippen LogP contribution in [-0.4, -0.2) is 30.3 Å². The Kier molecular flexibility index (Phi) is 6.75. The summed E-state index contributed by atoms with van der Waals surface area (Å²) in [6.07, 6.45) is 2.14. The second-order valence-corrected chi connectivity index (χ2v) is 5.46. The molecule has 0 radical (unpaired) electrons. The monoisotopic (exact) mass is 271 g/mol. The molecule has 0 fully saturated rings. The second-order valence-electron chi connectivity index (χ2n) is 3.92. The quantitative estimate of drug-likeness (QED) is 0.581. The Morgan fingerprint density at radius 2 is 2.11 bits per heavy atom. The van der Waals surface area contributed by atoms with Crippen LogP contribution < -0.4 is 10.5 Å². The summed E-state index contributed by atoms with van der Waals surface area (Å²) in [6.45, 7) is 3.32. The van der Waals surface area contributed by atoms with Crippen LogP contribution in [0.2, 0.25) is 0 Å². The van der Waals surface area contributed by atoms with E-state index in [2.05, 4.69) is 6.92 Å². The first-order chi connectivity index (χ1) is 8.69. The molecule has 1 aromatic carbocycles. The van der Waals surface area contributed by atoms with Crippen molar-refractivity contribution in [3.05, 3.63) is 18.2 Å². The number of unbranched alkanes of at least 4 members (excludes halogenated alkanes) is 1. The Morgan fingerprint density at radius 3 is 2.78 bits per heavy atom. The van der Waals surface area contributed by atoms with E-state index in [4.69, 9.17) is 15.2 Å². The van der Waals surface area contributed by atoms with Crippen LogP contribution in [-0.2, 0) is 15.5 Å². The number of hydrogen-bond donors (Lipinski definition) is 1. The molecule has 5 heteroatoms. The van der Waals surface area contributed by atoms with Crippen LogP contribution in [0.15, 0.2) is 23.1 Å². The molecule has 0 aliphatic carbocycles. The molecule has 1 unspecified atom stereocenters. The topological polar surface area (TPSA) is 61.5 Å². The highest BCUT2D eigenvalue weighted by molar-refractivity contribution is 7.85. The fourth-order valence-corrected chi connectivity index (χ4v) is 2.50. The van der Waals surface area contributed by atoms with E-state index in [1.165, 1.54) is 0 Å². The zero-order valence-corrected chi connectivity index (χ0v) is 11.8. The van der Waals surface area contributed by atoms with Gasteiger partial charge in [-0.2, -0.15) is 0 Å². The van der Waals surface area contributed by atoms with E-state index in [9.17, 15) is 4.21 Å². The van der Waals surface area contributed by atoms with E-state index < -0.39 is 10.8 Å². The maximum atomic E-state index is 12.1. The van der Waals surface area contributed by atoms with Gasteiger partial charge in [0.15, 0.2) is 0 Å². The van der Waals surface area contributed by atoms with Crippen molar-refractivity contribution in [1.29, 1.82) is 0 Å². The van der Waals surface area contributed by atoms with Crippen molar-refractivity contribution in [3.8, 4) is 5.75 Å². The Balaban J connectivity index is 2.50. The van der Waals surface area contributed by atoms with E-state index in [1.807, 2.05) is 0 Å². The Labute approximate surface area is 111 Å². The number of benzene rings is 1. The molecule has 1 atom stereocenters. The van der Waals surface area contributed by atoms with Crippen molar-refractivity contribution in [2.24, 2.45) is 0 Å². The zero-order chi connectivity index (χ0) is 13.4. The first kappa shape index (κ1) is 15.0. The summed E-state index contributed by atoms with van der Waals surface area (Å²) >= 11 is 0. The van der Waals surface area contributed by atoms with Gasteiger partial charge in [0, 0.05) is 12.3 Å². The molecule has 0 heterocycles. The molecule has 0 aromatic heterocycles. The van der Waals surface area contributed by atoms with Crippen LogP contribution in [0.1, 0.15) is 19.8 Å². The average Bonchev–Trinajstić information content (AvgIpc) is 2.39. The van der Waals surface area contributed by atoms with E-state index in [0.29, 0.717) is 28.7 Å². The number of methoxy groups -OCH3 is 1.